The fourth-order valence-corrected chi connectivity index (χ4v) is 2.81. The summed E-state index contributed by atoms with van der Waals surface area (Å²) < 4.78 is 2.23. The Balaban J connectivity index is 1.73. The normalized spacial score (nSPS) is 16.7. The summed E-state index contributed by atoms with van der Waals surface area (Å²) in [5.41, 5.74) is 0. The second-order valence-corrected chi connectivity index (χ2v) is 6.21. The van der Waals surface area contributed by atoms with Gasteiger partial charge in [-0.1, -0.05) is 20.8 Å². The summed E-state index contributed by atoms with van der Waals surface area (Å²) in [5.74, 6) is 1.91. The van der Waals surface area contributed by atoms with E-state index >= 15 is 0 Å². The monoisotopic (exact) mass is 292 g/mol. The van der Waals surface area contributed by atoms with Gasteiger partial charge in [0.15, 0.2) is 0 Å². The van der Waals surface area contributed by atoms with Gasteiger partial charge in [-0.2, -0.15) is 0 Å². The number of nitrogens with zero attached hydrogens (tertiary/aromatic N) is 4. The molecule has 0 N–H and O–H groups in total. The Kier molecular flexibility index (Phi) is 5.79. The molecule has 0 aliphatic carbocycles. The first-order valence-corrected chi connectivity index (χ1v) is 8.10. The van der Waals surface area contributed by atoms with Gasteiger partial charge in [-0.05, 0) is 5.92 Å². The molecule has 1 aromatic rings. The molecule has 1 aliphatic rings. The first-order chi connectivity index (χ1) is 10.1. The second-order valence-electron chi connectivity index (χ2n) is 6.21. The summed E-state index contributed by atoms with van der Waals surface area (Å²) in [5, 5.41) is 0. The van der Waals surface area contributed by atoms with Crippen LogP contribution in [-0.4, -0.2) is 58.0 Å². The van der Waals surface area contributed by atoms with Gasteiger partial charge in [0, 0.05) is 64.5 Å². The van der Waals surface area contributed by atoms with E-state index in [1.54, 1.807) is 0 Å². The van der Waals surface area contributed by atoms with Crippen molar-refractivity contribution in [2.75, 3.05) is 32.7 Å². The Morgan fingerprint density at radius 2 is 1.95 bits per heavy atom. The smallest absolute Gasteiger partial charge is 0.222 e. The minimum Gasteiger partial charge on any atom is -0.340 e. The van der Waals surface area contributed by atoms with Crippen LogP contribution in [0.2, 0.25) is 0 Å². The standard InChI is InChI=1S/C16H28N4O/c1-4-15-17-5-6-19(15)10-7-18-8-11-20(12-9-18)16(21)13-14(2)3/h5-6,14H,4,7-13H2,1-3H3. The summed E-state index contributed by atoms with van der Waals surface area (Å²) in [6.07, 6.45) is 5.59. The Bertz CT molecular complexity index is 447. The van der Waals surface area contributed by atoms with Crippen LogP contribution in [0.15, 0.2) is 12.4 Å². The quantitative estimate of drug-likeness (QED) is 0.800. The molecule has 5 nitrogen and oxygen atoms in total. The van der Waals surface area contributed by atoms with Gasteiger partial charge >= 0.3 is 0 Å². The number of imidazole rings is 1. The number of aromatic nitrogens is 2. The van der Waals surface area contributed by atoms with Gasteiger partial charge in [-0.25, -0.2) is 4.98 Å². The summed E-state index contributed by atoms with van der Waals surface area (Å²) in [6, 6.07) is 0. The van der Waals surface area contributed by atoms with E-state index in [0.29, 0.717) is 18.2 Å². The summed E-state index contributed by atoms with van der Waals surface area (Å²) in [6.45, 7) is 12.1. The van der Waals surface area contributed by atoms with Crippen LogP contribution in [0.1, 0.15) is 33.0 Å². The molecule has 1 aliphatic heterocycles. The van der Waals surface area contributed by atoms with Gasteiger partial charge in [0.1, 0.15) is 5.82 Å². The lowest BCUT2D eigenvalue weighted by Gasteiger charge is -2.35. The fraction of sp³-hybridized carbons (Fsp3) is 0.750. The number of rotatable bonds is 6. The van der Waals surface area contributed by atoms with Crippen molar-refractivity contribution in [1.29, 1.82) is 0 Å². The molecule has 0 spiro atoms. The number of amides is 1. The van der Waals surface area contributed by atoms with Gasteiger partial charge in [0.25, 0.3) is 0 Å². The summed E-state index contributed by atoms with van der Waals surface area (Å²) in [7, 11) is 0. The second kappa shape index (κ2) is 7.59. The SMILES string of the molecule is CCc1nccn1CCN1CCN(C(=O)CC(C)C)CC1. The van der Waals surface area contributed by atoms with Crippen LogP contribution in [-0.2, 0) is 17.8 Å². The summed E-state index contributed by atoms with van der Waals surface area (Å²) >= 11 is 0. The van der Waals surface area contributed by atoms with Crippen molar-refractivity contribution in [1.82, 2.24) is 19.4 Å². The predicted octanol–water partition coefficient (Wildman–Crippen LogP) is 1.64. The third-order valence-corrected chi connectivity index (χ3v) is 4.08. The van der Waals surface area contributed by atoms with Gasteiger partial charge in [0.2, 0.25) is 5.91 Å². The molecule has 1 saturated heterocycles. The number of piperazine rings is 1. The van der Waals surface area contributed by atoms with Crippen molar-refractivity contribution in [3.8, 4) is 0 Å². The zero-order valence-electron chi connectivity index (χ0n) is 13.6. The third-order valence-electron chi connectivity index (χ3n) is 4.08. The molecule has 0 unspecified atom stereocenters. The van der Waals surface area contributed by atoms with Crippen LogP contribution in [0.5, 0.6) is 0 Å². The molecule has 1 amide bonds. The van der Waals surface area contributed by atoms with Gasteiger partial charge in [-0.3, -0.25) is 9.69 Å². The van der Waals surface area contributed by atoms with E-state index in [-0.39, 0.29) is 0 Å². The van der Waals surface area contributed by atoms with Crippen molar-refractivity contribution in [3.63, 3.8) is 0 Å². The Hall–Kier alpha value is -1.36. The molecule has 1 fully saturated rings. The average molecular weight is 292 g/mol. The van der Waals surface area contributed by atoms with E-state index in [1.807, 2.05) is 11.1 Å². The number of carbonyl (C=O) groups is 1. The highest BCUT2D eigenvalue weighted by Crippen LogP contribution is 2.08. The third kappa shape index (κ3) is 4.56. The van der Waals surface area contributed by atoms with Crippen molar-refractivity contribution in [2.45, 2.75) is 40.2 Å². The highest BCUT2D eigenvalue weighted by Gasteiger charge is 2.21. The molecule has 0 bridgehead atoms. The van der Waals surface area contributed by atoms with Crippen molar-refractivity contribution < 1.29 is 4.79 Å². The van der Waals surface area contributed by atoms with Crippen LogP contribution in [0, 0.1) is 5.92 Å². The van der Waals surface area contributed by atoms with Crippen molar-refractivity contribution >= 4 is 5.91 Å². The molecule has 2 heterocycles. The topological polar surface area (TPSA) is 41.4 Å². The lowest BCUT2D eigenvalue weighted by Crippen LogP contribution is -2.49. The fourth-order valence-electron chi connectivity index (χ4n) is 2.81. The van der Waals surface area contributed by atoms with Crippen LogP contribution in [0.4, 0.5) is 0 Å². The van der Waals surface area contributed by atoms with Gasteiger partial charge in [-0.15, -0.1) is 0 Å². The molecule has 1 aromatic heterocycles. The van der Waals surface area contributed by atoms with E-state index in [4.69, 9.17) is 0 Å². The van der Waals surface area contributed by atoms with Gasteiger partial charge < -0.3 is 9.47 Å². The van der Waals surface area contributed by atoms with Crippen molar-refractivity contribution in [2.24, 2.45) is 5.92 Å². The van der Waals surface area contributed by atoms with Crippen LogP contribution < -0.4 is 0 Å². The lowest BCUT2D eigenvalue weighted by molar-refractivity contribution is -0.133. The maximum Gasteiger partial charge on any atom is 0.222 e. The molecular formula is C16H28N4O. The first kappa shape index (κ1) is 16.0. The van der Waals surface area contributed by atoms with E-state index in [2.05, 4.69) is 41.4 Å². The molecule has 0 saturated carbocycles. The molecule has 0 radical (unpaired) electrons. The molecule has 5 heteroatoms. The molecule has 0 aromatic carbocycles. The zero-order valence-corrected chi connectivity index (χ0v) is 13.6. The number of hydrogen-bond acceptors (Lipinski definition) is 3. The molecule has 0 atom stereocenters. The maximum absolute atomic E-state index is 12.0. The van der Waals surface area contributed by atoms with Crippen LogP contribution >= 0.6 is 0 Å². The highest BCUT2D eigenvalue weighted by molar-refractivity contribution is 5.76. The molecule has 21 heavy (non-hydrogen) atoms. The molecule has 118 valence electrons. The lowest BCUT2D eigenvalue weighted by atomic mass is 10.1. The van der Waals surface area contributed by atoms with E-state index < -0.39 is 0 Å². The number of aryl methyl sites for hydroxylation is 1. The summed E-state index contributed by atoms with van der Waals surface area (Å²) in [4.78, 5) is 20.9. The Labute approximate surface area is 127 Å². The van der Waals surface area contributed by atoms with Crippen LogP contribution in [0.3, 0.4) is 0 Å². The van der Waals surface area contributed by atoms with E-state index in [9.17, 15) is 4.79 Å². The van der Waals surface area contributed by atoms with E-state index in [1.165, 1.54) is 0 Å². The maximum atomic E-state index is 12.0. The average Bonchev–Trinajstić information content (AvgIpc) is 2.92. The van der Waals surface area contributed by atoms with E-state index in [0.717, 1.165) is 51.5 Å². The minimum absolute atomic E-state index is 0.313. The number of carbonyl (C=O) groups excluding carboxylic acids is 1. The predicted molar refractivity (Wildman–Crippen MR) is 84.1 cm³/mol. The molecular weight excluding hydrogens is 264 g/mol. The van der Waals surface area contributed by atoms with Crippen molar-refractivity contribution in [3.05, 3.63) is 18.2 Å². The Morgan fingerprint density at radius 1 is 1.24 bits per heavy atom. The first-order valence-electron chi connectivity index (χ1n) is 8.10. The minimum atomic E-state index is 0.313. The highest BCUT2D eigenvalue weighted by atomic mass is 16.2. The zero-order chi connectivity index (χ0) is 15.2. The van der Waals surface area contributed by atoms with Crippen LogP contribution in [0.25, 0.3) is 0 Å². The molecule has 2 rings (SSSR count). The van der Waals surface area contributed by atoms with Gasteiger partial charge in [0.05, 0.1) is 0 Å². The Morgan fingerprint density at radius 3 is 2.57 bits per heavy atom. The number of hydrogen-bond donors (Lipinski definition) is 0. The largest absolute Gasteiger partial charge is 0.340 e.